The number of nitro benzene ring substituents is 1. The zero-order valence-corrected chi connectivity index (χ0v) is 12.1. The van der Waals surface area contributed by atoms with Gasteiger partial charge in [-0.25, -0.2) is 4.79 Å². The molecule has 96 valence electrons. The molecule has 0 amide bonds. The second-order valence-corrected chi connectivity index (χ2v) is 4.69. The molecule has 0 radical (unpaired) electrons. The van der Waals surface area contributed by atoms with E-state index in [4.69, 9.17) is 5.73 Å². The second-order valence-electron chi connectivity index (χ2n) is 3.09. The van der Waals surface area contributed by atoms with E-state index < -0.39 is 10.9 Å². The van der Waals surface area contributed by atoms with E-state index in [9.17, 15) is 14.9 Å². The number of nitrogens with one attached hydrogen (secondary N) is 1. The van der Waals surface area contributed by atoms with E-state index in [2.05, 4.69) is 22.3 Å². The Kier molecular flexibility index (Phi) is 4.78. The van der Waals surface area contributed by atoms with Crippen LogP contribution in [0.25, 0.3) is 0 Å². The minimum atomic E-state index is -0.713. The largest absolute Gasteiger partial charge is 0.465 e. The molecule has 0 aliphatic heterocycles. The molecule has 0 heterocycles. The molecule has 0 saturated carbocycles. The normalized spacial score (nSPS) is 9.67. The third kappa shape index (κ3) is 3.26. The van der Waals surface area contributed by atoms with E-state index in [1.54, 1.807) is 0 Å². The summed E-state index contributed by atoms with van der Waals surface area (Å²) in [6.07, 6.45) is 0. The first-order chi connectivity index (χ1) is 8.36. The lowest BCUT2D eigenvalue weighted by Crippen LogP contribution is -2.22. The van der Waals surface area contributed by atoms with Gasteiger partial charge in [0, 0.05) is 15.7 Å². The van der Waals surface area contributed by atoms with Crippen molar-refractivity contribution in [1.82, 2.24) is 0 Å². The van der Waals surface area contributed by atoms with E-state index in [0.717, 1.165) is 6.07 Å². The van der Waals surface area contributed by atoms with Crippen molar-refractivity contribution in [2.75, 3.05) is 12.4 Å². The highest BCUT2D eigenvalue weighted by Gasteiger charge is 2.21. The molecule has 0 atom stereocenters. The minimum Gasteiger partial charge on any atom is -0.465 e. The minimum absolute atomic E-state index is 0.00361. The molecule has 1 aromatic rings. The number of ether oxygens (including phenoxy) is 1. The van der Waals surface area contributed by atoms with Gasteiger partial charge in [-0.05, 0) is 34.8 Å². The number of methoxy groups -OCH3 is 1. The van der Waals surface area contributed by atoms with Gasteiger partial charge in [0.25, 0.3) is 5.69 Å². The summed E-state index contributed by atoms with van der Waals surface area (Å²) in [5, 5.41) is 13.3. The van der Waals surface area contributed by atoms with Crippen LogP contribution in [0.1, 0.15) is 10.4 Å². The molecule has 0 aliphatic carbocycles. The Morgan fingerprint density at radius 3 is 2.67 bits per heavy atom. The number of nitrogens with two attached hydrogens (primary N) is 1. The average Bonchev–Trinajstić information content (AvgIpc) is 2.29. The van der Waals surface area contributed by atoms with Gasteiger partial charge in [-0.1, -0.05) is 0 Å². The van der Waals surface area contributed by atoms with Gasteiger partial charge in [0.05, 0.1) is 23.3 Å². The molecule has 18 heavy (non-hydrogen) atoms. The highest BCUT2D eigenvalue weighted by molar-refractivity contribution is 14.1. The van der Waals surface area contributed by atoms with E-state index in [0.29, 0.717) is 9.26 Å². The van der Waals surface area contributed by atoms with Crippen LogP contribution < -0.4 is 11.1 Å². The van der Waals surface area contributed by atoms with E-state index >= 15 is 0 Å². The molecule has 3 N–H and O–H groups in total. The second kappa shape index (κ2) is 5.91. The summed E-state index contributed by atoms with van der Waals surface area (Å²) < 4.78 is 5.00. The molecule has 7 nitrogen and oxygen atoms in total. The van der Waals surface area contributed by atoms with Crippen molar-refractivity contribution in [3.63, 3.8) is 0 Å². The van der Waals surface area contributed by atoms with Crippen LogP contribution in [0.15, 0.2) is 12.1 Å². The van der Waals surface area contributed by atoms with Gasteiger partial charge in [-0.2, -0.15) is 0 Å². The molecule has 0 aromatic heterocycles. The number of carbonyl (C=O) groups is 1. The third-order valence-corrected chi connectivity index (χ3v) is 2.89. The number of halogens is 1. The predicted molar refractivity (Wildman–Crippen MR) is 77.6 cm³/mol. The van der Waals surface area contributed by atoms with Gasteiger partial charge in [-0.3, -0.25) is 10.1 Å². The quantitative estimate of drug-likeness (QED) is 0.270. The zero-order chi connectivity index (χ0) is 13.9. The maximum absolute atomic E-state index is 11.6. The predicted octanol–water partition coefficient (Wildman–Crippen LogP) is 1.64. The lowest BCUT2D eigenvalue weighted by Gasteiger charge is -2.11. The Morgan fingerprint density at radius 1 is 1.61 bits per heavy atom. The Hall–Kier alpha value is -1.49. The van der Waals surface area contributed by atoms with Gasteiger partial charge >= 0.3 is 5.97 Å². The molecule has 0 aliphatic rings. The van der Waals surface area contributed by atoms with Crippen molar-refractivity contribution in [1.29, 1.82) is 0 Å². The van der Waals surface area contributed by atoms with Gasteiger partial charge < -0.3 is 15.8 Å². The van der Waals surface area contributed by atoms with Gasteiger partial charge in [0.1, 0.15) is 0 Å². The highest BCUT2D eigenvalue weighted by Crippen LogP contribution is 2.29. The summed E-state index contributed by atoms with van der Waals surface area (Å²) in [6, 6.07) is 2.40. The number of hydrogen-bond donors (Lipinski definition) is 2. The molecular weight excluding hydrogens is 373 g/mol. The molecule has 9 heteroatoms. The summed E-state index contributed by atoms with van der Waals surface area (Å²) in [5.41, 5.74) is 5.41. The number of hydrogen-bond acceptors (Lipinski definition) is 5. The van der Waals surface area contributed by atoms with Crippen LogP contribution in [0.4, 0.5) is 11.4 Å². The molecule has 0 saturated heterocycles. The van der Waals surface area contributed by atoms with Crippen molar-refractivity contribution in [3.05, 3.63) is 31.4 Å². The van der Waals surface area contributed by atoms with Crippen LogP contribution >= 0.6 is 34.8 Å². The molecule has 0 fully saturated rings. The summed E-state index contributed by atoms with van der Waals surface area (Å²) in [7, 11) is 1.18. The van der Waals surface area contributed by atoms with Gasteiger partial charge in [0.15, 0.2) is 5.11 Å². The number of anilines is 1. The number of nitrogens with zero attached hydrogens (tertiary/aromatic N) is 1. The summed E-state index contributed by atoms with van der Waals surface area (Å²) in [5.74, 6) is -0.713. The average molecular weight is 381 g/mol. The lowest BCUT2D eigenvalue weighted by atomic mass is 10.1. The Balaban J connectivity index is 3.44. The Morgan fingerprint density at radius 2 is 2.22 bits per heavy atom. The first-order valence-electron chi connectivity index (χ1n) is 4.49. The molecule has 0 bridgehead atoms. The van der Waals surface area contributed by atoms with Crippen LogP contribution in [0, 0.1) is 13.7 Å². The first kappa shape index (κ1) is 14.6. The van der Waals surface area contributed by atoms with Crippen LogP contribution in [-0.2, 0) is 4.74 Å². The van der Waals surface area contributed by atoms with E-state index in [-0.39, 0.29) is 16.4 Å². The van der Waals surface area contributed by atoms with Crippen molar-refractivity contribution in [2.45, 2.75) is 0 Å². The summed E-state index contributed by atoms with van der Waals surface area (Å²) >= 11 is 6.52. The molecule has 0 unspecified atom stereocenters. The first-order valence-corrected chi connectivity index (χ1v) is 5.98. The van der Waals surface area contributed by atoms with Gasteiger partial charge in [0.2, 0.25) is 0 Å². The molecule has 1 aromatic carbocycles. The lowest BCUT2D eigenvalue weighted by molar-refractivity contribution is -0.385. The summed E-state index contributed by atoms with van der Waals surface area (Å²) in [6.45, 7) is 0. The van der Waals surface area contributed by atoms with Crippen molar-refractivity contribution >= 4 is 57.3 Å². The molecule has 1 rings (SSSR count). The fraction of sp³-hybridized carbons (Fsp3) is 0.111. The number of benzene rings is 1. The molecular formula is C9H8IN3O4S. The topological polar surface area (TPSA) is 107 Å². The van der Waals surface area contributed by atoms with Crippen molar-refractivity contribution < 1.29 is 14.5 Å². The SMILES string of the molecule is COC(=O)c1cc([N+](=O)[O-])cc(I)c1NC(N)=S. The number of non-ortho nitro benzene ring substituents is 1. The van der Waals surface area contributed by atoms with Crippen molar-refractivity contribution in [3.8, 4) is 0 Å². The van der Waals surface area contributed by atoms with Crippen LogP contribution in [0.2, 0.25) is 0 Å². The number of thiocarbonyl (C=S) groups is 1. The van der Waals surface area contributed by atoms with Crippen LogP contribution in [0.5, 0.6) is 0 Å². The fourth-order valence-corrected chi connectivity index (χ4v) is 2.07. The third-order valence-electron chi connectivity index (χ3n) is 1.94. The van der Waals surface area contributed by atoms with Crippen molar-refractivity contribution in [2.24, 2.45) is 5.73 Å². The monoisotopic (exact) mass is 381 g/mol. The van der Waals surface area contributed by atoms with E-state index in [1.165, 1.54) is 13.2 Å². The molecule has 0 spiro atoms. The Labute approximate surface area is 121 Å². The van der Waals surface area contributed by atoms with Crippen LogP contribution in [0.3, 0.4) is 0 Å². The maximum atomic E-state index is 11.6. The van der Waals surface area contributed by atoms with E-state index in [1.807, 2.05) is 22.6 Å². The smallest absolute Gasteiger partial charge is 0.340 e. The number of esters is 1. The Bertz CT molecular complexity index is 535. The van der Waals surface area contributed by atoms with Crippen LogP contribution in [-0.4, -0.2) is 23.1 Å². The number of rotatable bonds is 3. The van der Waals surface area contributed by atoms with Gasteiger partial charge in [-0.15, -0.1) is 0 Å². The zero-order valence-electron chi connectivity index (χ0n) is 9.10. The fourth-order valence-electron chi connectivity index (χ4n) is 1.22. The number of nitro groups is 1. The number of carbonyl (C=O) groups excluding carboxylic acids is 1. The maximum Gasteiger partial charge on any atom is 0.340 e. The highest BCUT2D eigenvalue weighted by atomic mass is 127. The standard InChI is InChI=1S/C9H8IN3O4S/c1-17-8(14)5-2-4(13(15)16)3-6(10)7(5)12-9(11)18/h2-3H,1H3,(H3,11,12,18). The summed E-state index contributed by atoms with van der Waals surface area (Å²) in [4.78, 5) is 21.7.